The molecule has 0 bridgehead atoms. The minimum atomic E-state index is -5.20. The molecule has 47 heavy (non-hydrogen) atoms. The van der Waals surface area contributed by atoms with Crippen LogP contribution in [0, 0.1) is 0 Å². The number of rotatable bonds is 17. The SMILES string of the molecule is COc1cc(C(C(=O)O)N(CCN(CC(=O)O)[C@H](C(=O)O)c2cc(OC)cc(S(=O)(=O)O)c2O)CC(=O)O)c(O)c(S(=O)(=O)O)c1.[Mn+2]. The largest absolute Gasteiger partial charge is 2.00 e. The molecule has 0 spiro atoms. The van der Waals surface area contributed by atoms with E-state index in [1.54, 1.807) is 0 Å². The fourth-order valence-corrected chi connectivity index (χ4v) is 5.68. The number of phenolic OH excluding ortho intramolecular Hbond substituents is 2. The van der Waals surface area contributed by atoms with Gasteiger partial charge in [-0.25, -0.2) is 0 Å². The zero-order chi connectivity index (χ0) is 35.3. The average molecular weight is 752 g/mol. The summed E-state index contributed by atoms with van der Waals surface area (Å²) in [5.41, 5.74) is -1.60. The minimum absolute atomic E-state index is 0. The van der Waals surface area contributed by atoms with Gasteiger partial charge in [0.1, 0.15) is 44.9 Å². The summed E-state index contributed by atoms with van der Waals surface area (Å²) in [7, 11) is -8.36. The number of ether oxygens (including phenoxy) is 2. The standard InChI is InChI=1S/C24H28N2O18S2.Mn/c1-43-11-5-13(21(31)15(7-11)45(37,38)39)19(23(33)34)25(9-17(27)28)3-4-26(10-18(29)30)20(24(35)36)14-6-12(44-2)8-16(22(14)32)46(40,41)42;/h5-8,19-20,31-32H,3-4,9-10H2,1-2H3,(H,27,28)(H,29,30)(H,33,34)(H,35,36)(H,37,38,39)(H,40,41,42);/q;+2/t19-,20?;/m0./s1. The van der Waals surface area contributed by atoms with Crippen molar-refractivity contribution in [2.24, 2.45) is 0 Å². The third-order valence-corrected chi connectivity index (χ3v) is 8.06. The number of methoxy groups -OCH3 is 2. The van der Waals surface area contributed by atoms with Gasteiger partial charge in [-0.3, -0.25) is 38.1 Å². The summed E-state index contributed by atoms with van der Waals surface area (Å²) in [5.74, 6) is -10.6. The Balaban J connectivity index is 0.0000110. The van der Waals surface area contributed by atoms with Crippen LogP contribution in [0.5, 0.6) is 23.0 Å². The molecule has 0 saturated carbocycles. The van der Waals surface area contributed by atoms with E-state index in [0.717, 1.165) is 26.4 Å². The first-order chi connectivity index (χ1) is 21.1. The molecular weight excluding hydrogens is 723 g/mol. The number of benzene rings is 2. The molecule has 2 aromatic rings. The van der Waals surface area contributed by atoms with Crippen molar-refractivity contribution in [3.63, 3.8) is 0 Å². The summed E-state index contributed by atoms with van der Waals surface area (Å²) < 4.78 is 76.3. The normalized spacial score (nSPS) is 13.0. The number of phenols is 2. The van der Waals surface area contributed by atoms with Crippen LogP contribution in [-0.2, 0) is 56.5 Å². The molecule has 0 amide bonds. The summed E-state index contributed by atoms with van der Waals surface area (Å²) in [5, 5.41) is 60.4. The van der Waals surface area contributed by atoms with Gasteiger partial charge < -0.3 is 40.1 Å². The summed E-state index contributed by atoms with van der Waals surface area (Å²) in [6.07, 6.45) is 0. The first-order valence-corrected chi connectivity index (χ1v) is 15.2. The first-order valence-electron chi connectivity index (χ1n) is 12.3. The third kappa shape index (κ3) is 10.1. The Morgan fingerprint density at radius 2 is 0.957 bits per heavy atom. The number of aromatic hydroxyl groups is 2. The number of aliphatic carboxylic acids is 4. The van der Waals surface area contributed by atoms with Crippen molar-refractivity contribution in [1.82, 2.24) is 9.80 Å². The van der Waals surface area contributed by atoms with Crippen molar-refractivity contribution >= 4 is 44.1 Å². The Kier molecular flexibility index (Phi) is 13.9. The fraction of sp³-hybridized carbons (Fsp3) is 0.333. The molecule has 0 fully saturated rings. The van der Waals surface area contributed by atoms with Gasteiger partial charge in [0.15, 0.2) is 0 Å². The maximum atomic E-state index is 12.4. The van der Waals surface area contributed by atoms with E-state index in [-0.39, 0.29) is 17.1 Å². The second-order valence-electron chi connectivity index (χ2n) is 9.29. The Bertz CT molecular complexity index is 1620. The van der Waals surface area contributed by atoms with Crippen LogP contribution in [0.3, 0.4) is 0 Å². The Labute approximate surface area is 276 Å². The maximum absolute atomic E-state index is 12.4. The van der Waals surface area contributed by atoms with Gasteiger partial charge in [-0.15, -0.1) is 0 Å². The summed E-state index contributed by atoms with van der Waals surface area (Å²) in [6.45, 7) is -4.09. The van der Waals surface area contributed by atoms with Gasteiger partial charge in [-0.05, 0) is 12.1 Å². The maximum Gasteiger partial charge on any atom is 2.00 e. The van der Waals surface area contributed by atoms with Crippen LogP contribution in [0.1, 0.15) is 23.2 Å². The minimum Gasteiger partial charge on any atom is -0.506 e. The number of nitrogens with zero attached hydrogens (tertiary/aromatic N) is 2. The second kappa shape index (κ2) is 16.1. The van der Waals surface area contributed by atoms with Crippen LogP contribution in [-0.4, -0.2) is 131 Å². The number of carboxylic acid groups (broad SMARTS) is 4. The van der Waals surface area contributed by atoms with E-state index in [1.165, 1.54) is 0 Å². The zero-order valence-electron chi connectivity index (χ0n) is 24.0. The van der Waals surface area contributed by atoms with Crippen molar-refractivity contribution in [2.45, 2.75) is 21.9 Å². The van der Waals surface area contributed by atoms with Crippen LogP contribution in [0.2, 0.25) is 0 Å². The van der Waals surface area contributed by atoms with Crippen molar-refractivity contribution in [3.05, 3.63) is 35.4 Å². The van der Waals surface area contributed by atoms with Gasteiger partial charge in [0, 0.05) is 36.3 Å². The smallest absolute Gasteiger partial charge is 0.506 e. The average Bonchev–Trinajstić information content (AvgIpc) is 2.91. The molecule has 0 aliphatic heterocycles. The number of carbonyl (C=O) groups is 4. The summed E-state index contributed by atoms with van der Waals surface area (Å²) in [6, 6.07) is -1.59. The second-order valence-corrected chi connectivity index (χ2v) is 12.1. The van der Waals surface area contributed by atoms with Crippen molar-refractivity contribution in [2.75, 3.05) is 40.4 Å². The zero-order valence-corrected chi connectivity index (χ0v) is 26.9. The molecule has 0 heterocycles. The Morgan fingerprint density at radius 1 is 0.660 bits per heavy atom. The van der Waals surface area contributed by atoms with Gasteiger partial charge in [0.25, 0.3) is 20.2 Å². The third-order valence-electron chi connectivity index (χ3n) is 6.32. The van der Waals surface area contributed by atoms with E-state index in [4.69, 9.17) is 9.47 Å². The molecular formula is C24H28MnN2O18S2+2. The monoisotopic (exact) mass is 751 g/mol. The van der Waals surface area contributed by atoms with E-state index in [1.807, 2.05) is 0 Å². The molecule has 2 atom stereocenters. The van der Waals surface area contributed by atoms with Gasteiger partial charge in [0.2, 0.25) is 0 Å². The molecule has 0 aromatic heterocycles. The topological polar surface area (TPSA) is 323 Å². The van der Waals surface area contributed by atoms with Gasteiger partial charge in [0.05, 0.1) is 27.3 Å². The fourth-order valence-electron chi connectivity index (χ4n) is 4.43. The molecule has 259 valence electrons. The quantitative estimate of drug-likeness (QED) is 0.0734. The van der Waals surface area contributed by atoms with Crippen molar-refractivity contribution in [3.8, 4) is 23.0 Å². The molecule has 2 rings (SSSR count). The molecule has 0 aliphatic rings. The molecule has 23 heteroatoms. The predicted molar refractivity (Wildman–Crippen MR) is 148 cm³/mol. The van der Waals surface area contributed by atoms with Crippen LogP contribution in [0.4, 0.5) is 0 Å². The molecule has 0 aliphatic carbocycles. The van der Waals surface area contributed by atoms with E-state index in [2.05, 4.69) is 0 Å². The van der Waals surface area contributed by atoms with E-state index >= 15 is 0 Å². The van der Waals surface area contributed by atoms with Crippen LogP contribution in [0.25, 0.3) is 0 Å². The molecule has 1 unspecified atom stereocenters. The van der Waals surface area contributed by atoms with E-state index in [9.17, 15) is 75.8 Å². The van der Waals surface area contributed by atoms with E-state index in [0.29, 0.717) is 21.9 Å². The van der Waals surface area contributed by atoms with Crippen molar-refractivity contribution in [1.29, 1.82) is 0 Å². The molecule has 20 nitrogen and oxygen atoms in total. The first kappa shape index (κ1) is 40.8. The molecule has 8 N–H and O–H groups in total. The predicted octanol–water partition coefficient (Wildman–Crippen LogP) is -0.669. The molecule has 0 saturated heterocycles. The Hall–Kier alpha value is -4.22. The van der Waals surface area contributed by atoms with Crippen molar-refractivity contribution < 1.29 is 102 Å². The molecule has 2 aromatic carbocycles. The number of hydrogen-bond donors (Lipinski definition) is 8. The van der Waals surface area contributed by atoms with Crippen LogP contribution >= 0.6 is 0 Å². The van der Waals surface area contributed by atoms with Crippen LogP contribution in [0.15, 0.2) is 34.1 Å². The molecule has 1 radical (unpaired) electrons. The van der Waals surface area contributed by atoms with Gasteiger partial charge in [-0.2, -0.15) is 16.8 Å². The van der Waals surface area contributed by atoms with Gasteiger partial charge in [-0.1, -0.05) is 0 Å². The summed E-state index contributed by atoms with van der Waals surface area (Å²) >= 11 is 0. The van der Waals surface area contributed by atoms with E-state index < -0.39 is 126 Å². The summed E-state index contributed by atoms with van der Waals surface area (Å²) in [4.78, 5) is 47.1. The van der Waals surface area contributed by atoms with Crippen LogP contribution < -0.4 is 9.47 Å². The number of carboxylic acids is 4. The Morgan fingerprint density at radius 3 is 1.17 bits per heavy atom. The number of hydrogen-bond acceptors (Lipinski definition) is 14. The van der Waals surface area contributed by atoms with Gasteiger partial charge >= 0.3 is 40.9 Å².